The van der Waals surface area contributed by atoms with Crippen LogP contribution in [0.25, 0.3) is 0 Å². The number of thioether (sulfide) groups is 1. The first kappa shape index (κ1) is 21.8. The number of amides is 1. The molecule has 1 heterocycles. The lowest BCUT2D eigenvalue weighted by atomic mass is 10.1. The summed E-state index contributed by atoms with van der Waals surface area (Å²) >= 11 is 7.25. The first-order chi connectivity index (χ1) is 12.6. The quantitative estimate of drug-likeness (QED) is 0.516. The van der Waals surface area contributed by atoms with E-state index in [1.54, 1.807) is 12.1 Å². The molecule has 1 atom stereocenters. The largest absolute Gasteiger partial charge is 0.351 e. The van der Waals surface area contributed by atoms with E-state index in [1.165, 1.54) is 23.4 Å². The third-order valence-corrected chi connectivity index (χ3v) is 5.67. The van der Waals surface area contributed by atoms with Crippen molar-refractivity contribution in [2.75, 3.05) is 19.6 Å². The van der Waals surface area contributed by atoms with E-state index >= 15 is 0 Å². The second-order valence-corrected chi connectivity index (χ2v) is 7.60. The number of hydrogen-bond acceptors (Lipinski definition) is 3. The Morgan fingerprint density at radius 1 is 1.26 bits per heavy atom. The summed E-state index contributed by atoms with van der Waals surface area (Å²) in [4.78, 5) is 13.6. The fourth-order valence-electron chi connectivity index (χ4n) is 2.71. The highest BCUT2D eigenvalue weighted by Crippen LogP contribution is 2.36. The Hall–Kier alpha value is -1.53. The Balaban J connectivity index is 0.00000261. The van der Waals surface area contributed by atoms with Crippen LogP contribution in [0.3, 0.4) is 0 Å². The zero-order valence-corrected chi connectivity index (χ0v) is 17.0. The SMILES string of the molecule is Cl.O=C(NCC1=CCNCC1)C(Sc1ccc(F)c(Cl)c1)c1ccccc1. The molecule has 0 saturated carbocycles. The number of benzene rings is 2. The van der Waals surface area contributed by atoms with Crippen molar-refractivity contribution >= 4 is 41.7 Å². The second kappa shape index (κ2) is 10.7. The molecule has 0 bridgehead atoms. The Morgan fingerprint density at radius 2 is 2.04 bits per heavy atom. The van der Waals surface area contributed by atoms with Crippen molar-refractivity contribution in [3.63, 3.8) is 0 Å². The zero-order chi connectivity index (χ0) is 18.4. The summed E-state index contributed by atoms with van der Waals surface area (Å²) in [5.41, 5.74) is 2.13. The van der Waals surface area contributed by atoms with E-state index in [1.807, 2.05) is 30.3 Å². The number of halogens is 3. The molecule has 0 aromatic heterocycles. The highest BCUT2D eigenvalue weighted by molar-refractivity contribution is 8.00. The summed E-state index contributed by atoms with van der Waals surface area (Å²) in [5, 5.41) is 5.92. The molecule has 1 aliphatic rings. The minimum atomic E-state index is -0.463. The maximum atomic E-state index is 13.4. The van der Waals surface area contributed by atoms with Crippen LogP contribution in [0.1, 0.15) is 17.2 Å². The summed E-state index contributed by atoms with van der Waals surface area (Å²) in [6.07, 6.45) is 3.06. The lowest BCUT2D eigenvalue weighted by molar-refractivity contribution is -0.120. The maximum absolute atomic E-state index is 13.4. The normalized spacial score (nSPS) is 14.7. The average molecular weight is 427 g/mol. The first-order valence-electron chi connectivity index (χ1n) is 8.46. The Bertz CT molecular complexity index is 802. The fraction of sp³-hybridized carbons (Fsp3) is 0.250. The van der Waals surface area contributed by atoms with Gasteiger partial charge >= 0.3 is 0 Å². The van der Waals surface area contributed by atoms with Gasteiger partial charge in [-0.1, -0.05) is 53.6 Å². The molecule has 2 aromatic rings. The van der Waals surface area contributed by atoms with Crippen LogP contribution in [0.2, 0.25) is 5.02 Å². The predicted octanol–water partition coefficient (Wildman–Crippen LogP) is 4.77. The Labute approximate surface area is 174 Å². The van der Waals surface area contributed by atoms with E-state index in [4.69, 9.17) is 11.6 Å². The van der Waals surface area contributed by atoms with Crippen LogP contribution < -0.4 is 10.6 Å². The number of nitrogens with one attached hydrogen (secondary N) is 2. The number of carbonyl (C=O) groups is 1. The monoisotopic (exact) mass is 426 g/mol. The van der Waals surface area contributed by atoms with E-state index in [2.05, 4.69) is 16.7 Å². The summed E-state index contributed by atoms with van der Waals surface area (Å²) in [7, 11) is 0. The van der Waals surface area contributed by atoms with Crippen LogP contribution in [-0.2, 0) is 4.79 Å². The van der Waals surface area contributed by atoms with Crippen molar-refractivity contribution in [3.05, 3.63) is 76.6 Å². The van der Waals surface area contributed by atoms with Crippen LogP contribution >= 0.6 is 35.8 Å². The minimum absolute atomic E-state index is 0. The molecule has 144 valence electrons. The van der Waals surface area contributed by atoms with Crippen molar-refractivity contribution in [1.82, 2.24) is 10.6 Å². The summed E-state index contributed by atoms with van der Waals surface area (Å²) < 4.78 is 13.4. The van der Waals surface area contributed by atoms with Crippen LogP contribution in [0.5, 0.6) is 0 Å². The first-order valence-corrected chi connectivity index (χ1v) is 9.72. The number of rotatable bonds is 6. The van der Waals surface area contributed by atoms with Gasteiger partial charge in [0, 0.05) is 18.0 Å². The van der Waals surface area contributed by atoms with Gasteiger partial charge < -0.3 is 10.6 Å². The molecule has 3 rings (SSSR count). The van der Waals surface area contributed by atoms with E-state index in [0.717, 1.165) is 30.0 Å². The predicted molar refractivity (Wildman–Crippen MR) is 112 cm³/mol. The van der Waals surface area contributed by atoms with Crippen LogP contribution in [0, 0.1) is 5.82 Å². The molecule has 0 radical (unpaired) electrons. The van der Waals surface area contributed by atoms with Crippen molar-refractivity contribution in [3.8, 4) is 0 Å². The number of hydrogen-bond donors (Lipinski definition) is 2. The third-order valence-electron chi connectivity index (χ3n) is 4.13. The zero-order valence-electron chi connectivity index (χ0n) is 14.6. The van der Waals surface area contributed by atoms with Gasteiger partial charge in [0.1, 0.15) is 11.1 Å². The van der Waals surface area contributed by atoms with Gasteiger partial charge in [0.15, 0.2) is 0 Å². The summed E-state index contributed by atoms with van der Waals surface area (Å²) in [6, 6.07) is 14.1. The van der Waals surface area contributed by atoms with E-state index in [0.29, 0.717) is 6.54 Å². The lowest BCUT2D eigenvalue weighted by Crippen LogP contribution is -2.32. The molecule has 7 heteroatoms. The van der Waals surface area contributed by atoms with Crippen molar-refractivity contribution in [1.29, 1.82) is 0 Å². The van der Waals surface area contributed by atoms with Gasteiger partial charge in [-0.05, 0) is 36.7 Å². The highest BCUT2D eigenvalue weighted by Gasteiger charge is 2.22. The molecule has 3 nitrogen and oxygen atoms in total. The molecule has 0 saturated heterocycles. The van der Waals surface area contributed by atoms with Gasteiger partial charge in [0.05, 0.1) is 5.02 Å². The summed E-state index contributed by atoms with van der Waals surface area (Å²) in [6.45, 7) is 2.33. The van der Waals surface area contributed by atoms with Gasteiger partial charge in [-0.2, -0.15) is 0 Å². The van der Waals surface area contributed by atoms with Gasteiger partial charge in [-0.3, -0.25) is 4.79 Å². The highest BCUT2D eigenvalue weighted by atomic mass is 35.5. The molecule has 27 heavy (non-hydrogen) atoms. The Kier molecular flexibility index (Phi) is 8.64. The smallest absolute Gasteiger partial charge is 0.238 e. The average Bonchev–Trinajstić information content (AvgIpc) is 2.68. The van der Waals surface area contributed by atoms with Crippen molar-refractivity contribution in [2.45, 2.75) is 16.6 Å². The van der Waals surface area contributed by atoms with Crippen molar-refractivity contribution < 1.29 is 9.18 Å². The lowest BCUT2D eigenvalue weighted by Gasteiger charge is -2.19. The molecular formula is C20H21Cl2FN2OS. The Morgan fingerprint density at radius 3 is 2.70 bits per heavy atom. The molecule has 0 spiro atoms. The van der Waals surface area contributed by atoms with Crippen molar-refractivity contribution in [2.24, 2.45) is 0 Å². The minimum Gasteiger partial charge on any atom is -0.351 e. The van der Waals surface area contributed by atoms with Gasteiger partial charge in [0.2, 0.25) is 5.91 Å². The van der Waals surface area contributed by atoms with E-state index < -0.39 is 11.1 Å². The number of carbonyl (C=O) groups excluding carboxylic acids is 1. The molecule has 0 fully saturated rings. The molecule has 2 N–H and O–H groups in total. The fourth-order valence-corrected chi connectivity index (χ4v) is 4.04. The van der Waals surface area contributed by atoms with E-state index in [-0.39, 0.29) is 23.3 Å². The van der Waals surface area contributed by atoms with Crippen LogP contribution in [0.4, 0.5) is 4.39 Å². The molecular weight excluding hydrogens is 406 g/mol. The third kappa shape index (κ3) is 6.25. The molecule has 0 aliphatic carbocycles. The molecule has 1 unspecified atom stereocenters. The topological polar surface area (TPSA) is 41.1 Å². The molecule has 1 amide bonds. The molecule has 2 aromatic carbocycles. The van der Waals surface area contributed by atoms with Gasteiger partial charge in [0.25, 0.3) is 0 Å². The maximum Gasteiger partial charge on any atom is 0.238 e. The van der Waals surface area contributed by atoms with Gasteiger partial charge in [-0.15, -0.1) is 24.2 Å². The summed E-state index contributed by atoms with van der Waals surface area (Å²) in [5.74, 6) is -0.532. The molecule has 1 aliphatic heterocycles. The van der Waals surface area contributed by atoms with Crippen LogP contribution in [-0.4, -0.2) is 25.5 Å². The second-order valence-electron chi connectivity index (χ2n) is 6.02. The van der Waals surface area contributed by atoms with Gasteiger partial charge in [-0.25, -0.2) is 4.39 Å². The van der Waals surface area contributed by atoms with E-state index in [9.17, 15) is 9.18 Å². The standard InChI is InChI=1S/C20H20ClFN2OS.ClH/c21-17-12-16(6-7-18(17)22)26-19(15-4-2-1-3-5-15)20(25)24-13-14-8-10-23-11-9-14;/h1-8,12,19,23H,9-11,13H2,(H,24,25);1H. The van der Waals surface area contributed by atoms with Crippen LogP contribution in [0.15, 0.2) is 65.1 Å².